The summed E-state index contributed by atoms with van der Waals surface area (Å²) in [7, 11) is 0. The van der Waals surface area contributed by atoms with E-state index in [-0.39, 0.29) is 17.9 Å². The molecule has 0 radical (unpaired) electrons. The molecule has 1 aromatic heterocycles. The first kappa shape index (κ1) is 18.9. The molecule has 1 amide bonds. The summed E-state index contributed by atoms with van der Waals surface area (Å²) >= 11 is 5.90. The largest absolute Gasteiger partial charge is 0.353 e. The van der Waals surface area contributed by atoms with E-state index in [9.17, 15) is 4.79 Å². The van der Waals surface area contributed by atoms with E-state index >= 15 is 0 Å². The highest BCUT2D eigenvalue weighted by Crippen LogP contribution is 2.21. The zero-order valence-corrected chi connectivity index (χ0v) is 16.0. The second kappa shape index (κ2) is 8.64. The first-order valence-corrected chi connectivity index (χ1v) is 9.54. The van der Waals surface area contributed by atoms with Gasteiger partial charge in [-0.25, -0.2) is 0 Å². The Labute approximate surface area is 158 Å². The van der Waals surface area contributed by atoms with E-state index in [1.54, 1.807) is 0 Å². The summed E-state index contributed by atoms with van der Waals surface area (Å²) in [6.45, 7) is 6.45. The maximum Gasteiger partial charge on any atom is 0.241 e. The van der Waals surface area contributed by atoms with Gasteiger partial charge in [0, 0.05) is 22.5 Å². The smallest absolute Gasteiger partial charge is 0.241 e. The van der Waals surface area contributed by atoms with Gasteiger partial charge in [0.05, 0.1) is 6.54 Å². The molecule has 0 saturated carbocycles. The van der Waals surface area contributed by atoms with Crippen LogP contribution in [0, 0.1) is 5.92 Å². The second-order valence-corrected chi connectivity index (χ2v) is 7.32. The van der Waals surface area contributed by atoms with Crippen molar-refractivity contribution >= 4 is 17.5 Å². The predicted molar refractivity (Wildman–Crippen MR) is 101 cm³/mol. The van der Waals surface area contributed by atoms with Crippen molar-refractivity contribution in [2.75, 3.05) is 13.1 Å². The van der Waals surface area contributed by atoms with E-state index in [0.717, 1.165) is 37.9 Å². The molecule has 1 unspecified atom stereocenters. The van der Waals surface area contributed by atoms with Crippen LogP contribution in [0.25, 0.3) is 11.4 Å². The lowest BCUT2D eigenvalue weighted by Gasteiger charge is -2.30. The number of carbonyl (C=O) groups is 1. The number of piperidine rings is 1. The third-order valence-corrected chi connectivity index (χ3v) is 5.14. The molecule has 1 aromatic carbocycles. The minimum atomic E-state index is 0.104. The van der Waals surface area contributed by atoms with Crippen LogP contribution in [0.15, 0.2) is 28.8 Å². The van der Waals surface area contributed by atoms with Crippen LogP contribution in [0.1, 0.15) is 39.0 Å². The van der Waals surface area contributed by atoms with Gasteiger partial charge in [0.1, 0.15) is 0 Å². The lowest BCUT2D eigenvalue weighted by Crippen LogP contribution is -2.42. The SMILES string of the molecule is CCC(C)NC(=O)C1CCN(Cc2nc(-c3ccc(Cl)cc3)no2)CC1. The molecule has 2 heterocycles. The average Bonchev–Trinajstić information content (AvgIpc) is 3.11. The van der Waals surface area contributed by atoms with E-state index < -0.39 is 0 Å². The summed E-state index contributed by atoms with van der Waals surface area (Å²) < 4.78 is 5.38. The van der Waals surface area contributed by atoms with Gasteiger partial charge in [-0.1, -0.05) is 23.7 Å². The number of carbonyl (C=O) groups excluding carboxylic acids is 1. The topological polar surface area (TPSA) is 71.3 Å². The Morgan fingerprint density at radius 3 is 2.69 bits per heavy atom. The normalized spacial score (nSPS) is 17.2. The Balaban J connectivity index is 1.50. The van der Waals surface area contributed by atoms with Gasteiger partial charge in [0.15, 0.2) is 0 Å². The van der Waals surface area contributed by atoms with Gasteiger partial charge in [-0.2, -0.15) is 4.98 Å². The summed E-state index contributed by atoms with van der Waals surface area (Å²) in [5, 5.41) is 7.81. The molecule has 0 bridgehead atoms. The number of nitrogens with one attached hydrogen (secondary N) is 1. The third kappa shape index (κ3) is 4.83. The van der Waals surface area contributed by atoms with E-state index in [1.807, 2.05) is 31.2 Å². The lowest BCUT2D eigenvalue weighted by atomic mass is 9.95. The molecule has 7 heteroatoms. The van der Waals surface area contributed by atoms with Crippen LogP contribution in [0.3, 0.4) is 0 Å². The van der Waals surface area contributed by atoms with Crippen molar-refractivity contribution in [2.45, 2.75) is 45.7 Å². The molecule has 6 nitrogen and oxygen atoms in total. The van der Waals surface area contributed by atoms with Gasteiger partial charge in [-0.15, -0.1) is 0 Å². The van der Waals surface area contributed by atoms with Crippen molar-refractivity contribution in [1.82, 2.24) is 20.4 Å². The van der Waals surface area contributed by atoms with Crippen LogP contribution in [0.4, 0.5) is 0 Å². The second-order valence-electron chi connectivity index (χ2n) is 6.89. The number of hydrogen-bond acceptors (Lipinski definition) is 5. The highest BCUT2D eigenvalue weighted by molar-refractivity contribution is 6.30. The van der Waals surface area contributed by atoms with Crippen LogP contribution in [0.2, 0.25) is 5.02 Å². The quantitative estimate of drug-likeness (QED) is 0.835. The number of hydrogen-bond donors (Lipinski definition) is 1. The average molecular weight is 377 g/mol. The number of benzene rings is 1. The molecule has 140 valence electrons. The fraction of sp³-hybridized carbons (Fsp3) is 0.526. The van der Waals surface area contributed by atoms with Crippen molar-refractivity contribution in [2.24, 2.45) is 5.92 Å². The van der Waals surface area contributed by atoms with Crippen LogP contribution in [0.5, 0.6) is 0 Å². The standard InChI is InChI=1S/C19H25ClN4O2/c1-3-13(2)21-19(25)15-8-10-24(11-9-15)12-17-22-18(23-26-17)14-4-6-16(20)7-5-14/h4-7,13,15H,3,8-12H2,1-2H3,(H,21,25). The number of rotatable bonds is 6. The molecule has 1 aliphatic rings. The molecule has 1 saturated heterocycles. The number of likely N-dealkylation sites (tertiary alicyclic amines) is 1. The zero-order valence-electron chi connectivity index (χ0n) is 15.2. The molecular weight excluding hydrogens is 352 g/mol. The predicted octanol–water partition coefficient (Wildman–Crippen LogP) is 3.52. The van der Waals surface area contributed by atoms with E-state index in [0.29, 0.717) is 23.3 Å². The van der Waals surface area contributed by atoms with Crippen molar-refractivity contribution in [3.8, 4) is 11.4 Å². The Bertz CT molecular complexity index is 723. The van der Waals surface area contributed by atoms with Gasteiger partial charge in [-0.05, 0) is 63.5 Å². The number of halogens is 1. The summed E-state index contributed by atoms with van der Waals surface area (Å²) in [5.41, 5.74) is 0.879. The van der Waals surface area contributed by atoms with E-state index in [2.05, 4.69) is 27.3 Å². The molecule has 3 rings (SSSR count). The van der Waals surface area contributed by atoms with Crippen molar-refractivity contribution in [3.05, 3.63) is 35.2 Å². The molecule has 1 N–H and O–H groups in total. The summed E-state index contributed by atoms with van der Waals surface area (Å²) in [5.74, 6) is 1.45. The Hall–Kier alpha value is -1.92. The Morgan fingerprint density at radius 1 is 1.35 bits per heavy atom. The number of aromatic nitrogens is 2. The maximum atomic E-state index is 12.2. The third-order valence-electron chi connectivity index (χ3n) is 4.89. The minimum Gasteiger partial charge on any atom is -0.353 e. The highest BCUT2D eigenvalue weighted by Gasteiger charge is 2.26. The summed E-state index contributed by atoms with van der Waals surface area (Å²) in [6, 6.07) is 7.60. The lowest BCUT2D eigenvalue weighted by molar-refractivity contribution is -0.127. The Morgan fingerprint density at radius 2 is 2.04 bits per heavy atom. The van der Waals surface area contributed by atoms with Crippen molar-refractivity contribution in [3.63, 3.8) is 0 Å². The Kier molecular flexibility index (Phi) is 6.27. The molecule has 26 heavy (non-hydrogen) atoms. The monoisotopic (exact) mass is 376 g/mol. The minimum absolute atomic E-state index is 0.104. The van der Waals surface area contributed by atoms with Gasteiger partial charge in [-0.3, -0.25) is 9.69 Å². The summed E-state index contributed by atoms with van der Waals surface area (Å²) in [6.07, 6.45) is 2.68. The first-order chi connectivity index (χ1) is 12.5. The molecular formula is C19H25ClN4O2. The van der Waals surface area contributed by atoms with Gasteiger partial charge in [0.2, 0.25) is 17.6 Å². The highest BCUT2D eigenvalue weighted by atomic mass is 35.5. The molecule has 1 fully saturated rings. The van der Waals surface area contributed by atoms with Crippen LogP contribution >= 0.6 is 11.6 Å². The van der Waals surface area contributed by atoms with E-state index in [1.165, 1.54) is 0 Å². The fourth-order valence-corrected chi connectivity index (χ4v) is 3.17. The summed E-state index contributed by atoms with van der Waals surface area (Å²) in [4.78, 5) is 19.0. The molecule has 0 aliphatic carbocycles. The number of amides is 1. The molecule has 2 aromatic rings. The molecule has 0 spiro atoms. The van der Waals surface area contributed by atoms with E-state index in [4.69, 9.17) is 16.1 Å². The van der Waals surface area contributed by atoms with Gasteiger partial charge < -0.3 is 9.84 Å². The molecule has 1 atom stereocenters. The zero-order chi connectivity index (χ0) is 18.5. The van der Waals surface area contributed by atoms with Crippen LogP contribution in [-0.4, -0.2) is 40.1 Å². The maximum absolute atomic E-state index is 12.2. The van der Waals surface area contributed by atoms with Crippen LogP contribution in [-0.2, 0) is 11.3 Å². The molecule has 1 aliphatic heterocycles. The van der Waals surface area contributed by atoms with Crippen LogP contribution < -0.4 is 5.32 Å². The number of nitrogens with zero attached hydrogens (tertiary/aromatic N) is 3. The van der Waals surface area contributed by atoms with Crippen molar-refractivity contribution in [1.29, 1.82) is 0 Å². The first-order valence-electron chi connectivity index (χ1n) is 9.16. The van der Waals surface area contributed by atoms with Gasteiger partial charge >= 0.3 is 0 Å². The van der Waals surface area contributed by atoms with Gasteiger partial charge in [0.25, 0.3) is 0 Å². The fourth-order valence-electron chi connectivity index (χ4n) is 3.04. The van der Waals surface area contributed by atoms with Crippen molar-refractivity contribution < 1.29 is 9.32 Å².